The molecule has 2 aromatic carbocycles. The van der Waals surface area contributed by atoms with Gasteiger partial charge in [0, 0.05) is 16.6 Å². The third-order valence-electron chi connectivity index (χ3n) is 5.78. The summed E-state index contributed by atoms with van der Waals surface area (Å²) in [6.07, 6.45) is 5.88. The first kappa shape index (κ1) is 15.8. The van der Waals surface area contributed by atoms with E-state index in [1.165, 1.54) is 39.1 Å². The Morgan fingerprint density at radius 2 is 1.75 bits per heavy atom. The van der Waals surface area contributed by atoms with Gasteiger partial charge in [0.25, 0.3) is 0 Å². The number of aryl methyl sites for hydroxylation is 3. The van der Waals surface area contributed by atoms with Gasteiger partial charge in [0.15, 0.2) is 0 Å². The Morgan fingerprint density at radius 1 is 1.04 bits per heavy atom. The summed E-state index contributed by atoms with van der Waals surface area (Å²) in [5, 5.41) is 4.72. The van der Waals surface area contributed by atoms with E-state index in [0.717, 1.165) is 11.4 Å². The minimum absolute atomic E-state index is 0.343. The van der Waals surface area contributed by atoms with E-state index in [1.54, 1.807) is 0 Å². The van der Waals surface area contributed by atoms with Crippen molar-refractivity contribution in [2.24, 2.45) is 5.92 Å². The predicted octanol–water partition coefficient (Wildman–Crippen LogP) is 6.40. The van der Waals surface area contributed by atoms with Crippen molar-refractivity contribution >= 4 is 17.3 Å². The van der Waals surface area contributed by atoms with Crippen molar-refractivity contribution in [3.63, 3.8) is 0 Å². The van der Waals surface area contributed by atoms with Gasteiger partial charge in [-0.3, -0.25) is 0 Å². The quantitative estimate of drug-likeness (QED) is 0.593. The molecule has 2 aromatic rings. The van der Waals surface area contributed by atoms with E-state index in [4.69, 9.17) is 11.6 Å². The van der Waals surface area contributed by atoms with Gasteiger partial charge in [-0.25, -0.2) is 0 Å². The van der Waals surface area contributed by atoms with E-state index in [1.807, 2.05) is 6.07 Å². The Balaban J connectivity index is 1.88. The largest absolute Gasteiger partial charge is 0.377 e. The molecule has 124 valence electrons. The summed E-state index contributed by atoms with van der Waals surface area (Å²) in [6.45, 7) is 8.79. The first-order chi connectivity index (χ1) is 11.5. The summed E-state index contributed by atoms with van der Waals surface area (Å²) < 4.78 is 0. The van der Waals surface area contributed by atoms with Gasteiger partial charge >= 0.3 is 0 Å². The van der Waals surface area contributed by atoms with E-state index >= 15 is 0 Å². The third kappa shape index (κ3) is 2.29. The molecule has 1 heterocycles. The molecule has 0 spiro atoms. The Kier molecular flexibility index (Phi) is 3.73. The second kappa shape index (κ2) is 5.67. The highest BCUT2D eigenvalue weighted by Crippen LogP contribution is 2.52. The Hall–Kier alpha value is -1.73. The van der Waals surface area contributed by atoms with Crippen molar-refractivity contribution in [1.82, 2.24) is 0 Å². The van der Waals surface area contributed by atoms with Crippen LogP contribution in [0.2, 0.25) is 5.02 Å². The number of rotatable bonds is 1. The fourth-order valence-corrected chi connectivity index (χ4v) is 4.91. The monoisotopic (exact) mass is 337 g/mol. The zero-order valence-corrected chi connectivity index (χ0v) is 15.5. The third-order valence-corrected chi connectivity index (χ3v) is 6.19. The zero-order chi connectivity index (χ0) is 17.0. The summed E-state index contributed by atoms with van der Waals surface area (Å²) >= 11 is 6.41. The molecule has 3 unspecified atom stereocenters. The van der Waals surface area contributed by atoms with Gasteiger partial charge in [0.05, 0.1) is 6.04 Å². The van der Waals surface area contributed by atoms with Crippen molar-refractivity contribution in [1.29, 1.82) is 0 Å². The van der Waals surface area contributed by atoms with Crippen molar-refractivity contribution in [2.45, 2.75) is 46.1 Å². The van der Waals surface area contributed by atoms with E-state index < -0.39 is 0 Å². The average Bonchev–Trinajstić information content (AvgIpc) is 3.00. The molecule has 0 radical (unpaired) electrons. The number of benzene rings is 2. The zero-order valence-electron chi connectivity index (χ0n) is 14.8. The molecule has 2 heteroatoms. The topological polar surface area (TPSA) is 12.0 Å². The van der Waals surface area contributed by atoms with Crippen LogP contribution in [0.1, 0.15) is 51.8 Å². The molecule has 24 heavy (non-hydrogen) atoms. The summed E-state index contributed by atoms with van der Waals surface area (Å²) in [6, 6.07) is 9.21. The molecule has 1 aliphatic heterocycles. The first-order valence-electron chi connectivity index (χ1n) is 8.77. The Morgan fingerprint density at radius 3 is 2.46 bits per heavy atom. The van der Waals surface area contributed by atoms with Crippen LogP contribution in [0, 0.1) is 33.6 Å². The molecule has 4 rings (SSSR count). The number of hydrogen-bond acceptors (Lipinski definition) is 1. The summed E-state index contributed by atoms with van der Waals surface area (Å²) in [4.78, 5) is 0. The molecule has 3 atom stereocenters. The molecule has 0 aromatic heterocycles. The number of hydrogen-bond donors (Lipinski definition) is 1. The lowest BCUT2D eigenvalue weighted by atomic mass is 9.74. The van der Waals surface area contributed by atoms with Gasteiger partial charge in [-0.1, -0.05) is 47.5 Å². The molecule has 1 aliphatic carbocycles. The van der Waals surface area contributed by atoms with Crippen LogP contribution in [-0.2, 0) is 0 Å². The molecular formula is C22H24ClN. The molecule has 1 N–H and O–H groups in total. The maximum atomic E-state index is 6.41. The molecule has 0 bridgehead atoms. The summed E-state index contributed by atoms with van der Waals surface area (Å²) in [7, 11) is 0. The predicted molar refractivity (Wildman–Crippen MR) is 103 cm³/mol. The molecule has 1 nitrogen and oxygen atoms in total. The maximum absolute atomic E-state index is 6.41. The van der Waals surface area contributed by atoms with Crippen molar-refractivity contribution in [3.05, 3.63) is 74.8 Å². The highest BCUT2D eigenvalue weighted by atomic mass is 35.5. The second-order valence-corrected chi connectivity index (χ2v) is 7.83. The Bertz CT molecular complexity index is 826. The van der Waals surface area contributed by atoms with E-state index in [0.29, 0.717) is 17.9 Å². The fourth-order valence-electron chi connectivity index (χ4n) is 4.76. The highest BCUT2D eigenvalue weighted by Gasteiger charge is 2.39. The lowest BCUT2D eigenvalue weighted by Gasteiger charge is -2.39. The highest BCUT2D eigenvalue weighted by molar-refractivity contribution is 6.31. The van der Waals surface area contributed by atoms with Crippen LogP contribution >= 0.6 is 11.6 Å². The molecule has 0 saturated carbocycles. The van der Waals surface area contributed by atoms with Crippen molar-refractivity contribution in [2.75, 3.05) is 5.32 Å². The van der Waals surface area contributed by atoms with Gasteiger partial charge in [0.1, 0.15) is 0 Å². The minimum Gasteiger partial charge on any atom is -0.377 e. The standard InChI is InChI=1S/C22H24ClN/c1-12-10-13(2)20(14(3)11-12)22-17-7-5-6-16(17)18-8-9-19(23)15(4)21(18)24-22/h5-6,8-11,16-17,22,24H,7H2,1-4H3. The van der Waals surface area contributed by atoms with E-state index in [9.17, 15) is 0 Å². The Labute approximate surface area is 149 Å². The number of nitrogens with one attached hydrogen (secondary N) is 1. The lowest BCUT2D eigenvalue weighted by molar-refractivity contribution is 0.423. The molecular weight excluding hydrogens is 314 g/mol. The van der Waals surface area contributed by atoms with E-state index in [2.05, 4.69) is 63.4 Å². The van der Waals surface area contributed by atoms with Crippen LogP contribution in [0.15, 0.2) is 36.4 Å². The van der Waals surface area contributed by atoms with Crippen LogP contribution < -0.4 is 5.32 Å². The smallest absolute Gasteiger partial charge is 0.0559 e. The fraction of sp³-hybridized carbons (Fsp3) is 0.364. The normalized spacial score (nSPS) is 24.5. The SMILES string of the molecule is Cc1cc(C)c(C2Nc3c(ccc(Cl)c3C)C3C=CCC32)c(C)c1. The van der Waals surface area contributed by atoms with Crippen LogP contribution in [-0.4, -0.2) is 0 Å². The minimum atomic E-state index is 0.343. The molecule has 0 fully saturated rings. The van der Waals surface area contributed by atoms with Crippen molar-refractivity contribution in [3.8, 4) is 0 Å². The second-order valence-electron chi connectivity index (χ2n) is 7.42. The number of fused-ring (bicyclic) bond motifs is 3. The average molecular weight is 338 g/mol. The first-order valence-corrected chi connectivity index (χ1v) is 9.15. The molecule has 0 saturated heterocycles. The molecule has 0 amide bonds. The summed E-state index contributed by atoms with van der Waals surface area (Å²) in [5.41, 5.74) is 9.38. The van der Waals surface area contributed by atoms with Gasteiger partial charge in [-0.05, 0) is 73.9 Å². The van der Waals surface area contributed by atoms with Gasteiger partial charge in [0.2, 0.25) is 0 Å². The van der Waals surface area contributed by atoms with E-state index in [-0.39, 0.29) is 0 Å². The molecule has 2 aliphatic rings. The summed E-state index contributed by atoms with van der Waals surface area (Å²) in [5.74, 6) is 1.07. The maximum Gasteiger partial charge on any atom is 0.0559 e. The number of anilines is 1. The van der Waals surface area contributed by atoms with Gasteiger partial charge in [-0.15, -0.1) is 0 Å². The van der Waals surface area contributed by atoms with Crippen LogP contribution in [0.5, 0.6) is 0 Å². The van der Waals surface area contributed by atoms with Gasteiger partial charge < -0.3 is 5.32 Å². The van der Waals surface area contributed by atoms with Crippen LogP contribution in [0.3, 0.4) is 0 Å². The number of halogens is 1. The number of allylic oxidation sites excluding steroid dienone is 2. The van der Waals surface area contributed by atoms with Crippen LogP contribution in [0.4, 0.5) is 5.69 Å². The van der Waals surface area contributed by atoms with Crippen LogP contribution in [0.25, 0.3) is 0 Å². The van der Waals surface area contributed by atoms with Gasteiger partial charge in [-0.2, -0.15) is 0 Å². The lowest BCUT2D eigenvalue weighted by Crippen LogP contribution is -2.30. The van der Waals surface area contributed by atoms with Crippen molar-refractivity contribution < 1.29 is 0 Å².